The minimum Gasteiger partial charge on any atom is -0.451 e. The fourth-order valence-corrected chi connectivity index (χ4v) is 4.33. The minimum atomic E-state index is -0.730. The van der Waals surface area contributed by atoms with Gasteiger partial charge in [-0.3, -0.25) is 5.73 Å². The molecule has 1 aromatic carbocycles. The second-order valence-corrected chi connectivity index (χ2v) is 8.52. The first kappa shape index (κ1) is 26.6. The second-order valence-electron chi connectivity index (χ2n) is 8.52. The van der Waals surface area contributed by atoms with Gasteiger partial charge in [0.1, 0.15) is 11.5 Å². The van der Waals surface area contributed by atoms with Crippen LogP contribution in [-0.2, 0) is 0 Å². The maximum atomic E-state index is 6.43. The van der Waals surface area contributed by atoms with Crippen LogP contribution in [0.1, 0.15) is 96.0 Å². The monoisotopic (exact) mass is 454 g/mol. The van der Waals surface area contributed by atoms with Crippen molar-refractivity contribution in [2.75, 3.05) is 11.5 Å². The maximum Gasteiger partial charge on any atom is 0.247 e. The number of hydrogen-bond acceptors (Lipinski definition) is 7. The number of aryl methyl sites for hydroxylation is 1. The predicted octanol–water partition coefficient (Wildman–Crippen LogP) is 5.87. The molecule has 2 heterocycles. The second kappa shape index (κ2) is 12.5. The van der Waals surface area contributed by atoms with E-state index in [-0.39, 0.29) is 5.82 Å². The molecule has 0 bridgehead atoms. The van der Waals surface area contributed by atoms with Crippen LogP contribution in [0.15, 0.2) is 23.2 Å². The molecule has 2 aliphatic rings. The van der Waals surface area contributed by atoms with E-state index in [0.29, 0.717) is 29.0 Å². The van der Waals surface area contributed by atoms with Gasteiger partial charge in [0.25, 0.3) is 0 Å². The van der Waals surface area contributed by atoms with Gasteiger partial charge in [-0.05, 0) is 56.1 Å². The van der Waals surface area contributed by atoms with E-state index >= 15 is 0 Å². The molecular weight excluding hydrogens is 412 g/mol. The Morgan fingerprint density at radius 3 is 2.21 bits per heavy atom. The molecule has 7 nitrogen and oxygen atoms in total. The third-order valence-electron chi connectivity index (χ3n) is 5.98. The van der Waals surface area contributed by atoms with Crippen LogP contribution in [-0.4, -0.2) is 21.9 Å². The van der Waals surface area contributed by atoms with E-state index in [0.717, 1.165) is 17.2 Å². The lowest BCUT2D eigenvalue weighted by atomic mass is 9.77. The van der Waals surface area contributed by atoms with Gasteiger partial charge in [0.05, 0.1) is 0 Å². The number of benzene rings is 1. The number of anilines is 2. The fourth-order valence-electron chi connectivity index (χ4n) is 4.33. The Morgan fingerprint density at radius 2 is 1.64 bits per heavy atom. The van der Waals surface area contributed by atoms with Crippen molar-refractivity contribution < 1.29 is 4.74 Å². The Kier molecular flexibility index (Phi) is 10.1. The lowest BCUT2D eigenvalue weighted by molar-refractivity contribution is 0.260. The molecule has 0 spiro atoms. The summed E-state index contributed by atoms with van der Waals surface area (Å²) in [7, 11) is 0. The molecule has 1 fully saturated rings. The number of nitrogens with zero attached hydrogens (tertiary/aromatic N) is 3. The number of aliphatic imine (C=N–C) groups is 1. The summed E-state index contributed by atoms with van der Waals surface area (Å²) in [6.45, 7) is 12.3. The maximum absolute atomic E-state index is 6.43. The van der Waals surface area contributed by atoms with Crippen molar-refractivity contribution in [2.24, 2.45) is 16.6 Å². The predicted molar refractivity (Wildman–Crippen MR) is 139 cm³/mol. The Morgan fingerprint density at radius 1 is 1.00 bits per heavy atom. The number of fused-ring (bicyclic) bond motifs is 1. The van der Waals surface area contributed by atoms with Gasteiger partial charge in [-0.25, -0.2) is 9.98 Å². The first-order chi connectivity index (χ1) is 15.9. The molecule has 4 rings (SSSR count). The third-order valence-corrected chi connectivity index (χ3v) is 5.98. The molecule has 33 heavy (non-hydrogen) atoms. The number of rotatable bonds is 3. The molecule has 1 aliphatic carbocycles. The summed E-state index contributed by atoms with van der Waals surface area (Å²) in [6, 6.07) is 6.08. The average molecular weight is 455 g/mol. The fraction of sp³-hybridized carbons (Fsp3) is 0.577. The first-order valence-electron chi connectivity index (χ1n) is 12.4. The number of aromatic nitrogens is 2. The van der Waals surface area contributed by atoms with Crippen LogP contribution in [0.25, 0.3) is 0 Å². The summed E-state index contributed by atoms with van der Waals surface area (Å²) in [4.78, 5) is 13.0. The summed E-state index contributed by atoms with van der Waals surface area (Å²) in [5, 5.41) is 0. The Balaban J connectivity index is 0.000000714. The molecule has 2 aromatic rings. The summed E-state index contributed by atoms with van der Waals surface area (Å²) in [6.07, 6.45) is 6.75. The highest BCUT2D eigenvalue weighted by Gasteiger charge is 2.28. The molecule has 0 radical (unpaired) electrons. The smallest absolute Gasteiger partial charge is 0.247 e. The van der Waals surface area contributed by atoms with E-state index in [9.17, 15) is 0 Å². The lowest BCUT2D eigenvalue weighted by Crippen LogP contribution is -2.39. The average Bonchev–Trinajstić information content (AvgIpc) is 2.80. The van der Waals surface area contributed by atoms with Crippen molar-refractivity contribution in [2.45, 2.75) is 92.2 Å². The minimum absolute atomic E-state index is 0.282. The molecule has 1 saturated carbocycles. The van der Waals surface area contributed by atoms with E-state index in [1.54, 1.807) is 6.92 Å². The highest BCUT2D eigenvalue weighted by atomic mass is 16.5. The van der Waals surface area contributed by atoms with Gasteiger partial charge in [-0.2, -0.15) is 4.98 Å². The molecular formula is C26H42N6O. The van der Waals surface area contributed by atoms with E-state index < -0.39 is 6.23 Å². The molecule has 0 saturated heterocycles. The van der Waals surface area contributed by atoms with Gasteiger partial charge in [0, 0.05) is 11.3 Å². The Bertz CT molecular complexity index is 935. The van der Waals surface area contributed by atoms with Crippen LogP contribution in [0.4, 0.5) is 17.2 Å². The van der Waals surface area contributed by atoms with Crippen molar-refractivity contribution in [1.29, 1.82) is 0 Å². The summed E-state index contributed by atoms with van der Waals surface area (Å²) < 4.78 is 5.75. The Hall–Kier alpha value is -2.67. The summed E-state index contributed by atoms with van der Waals surface area (Å²) >= 11 is 0. The van der Waals surface area contributed by atoms with Crippen molar-refractivity contribution in [3.8, 4) is 5.88 Å². The van der Waals surface area contributed by atoms with Crippen LogP contribution in [0, 0.1) is 12.8 Å². The quantitative estimate of drug-likeness (QED) is 0.498. The highest BCUT2D eigenvalue weighted by Crippen LogP contribution is 2.40. The van der Waals surface area contributed by atoms with Crippen LogP contribution < -0.4 is 21.9 Å². The van der Waals surface area contributed by atoms with Crippen LogP contribution >= 0.6 is 0 Å². The Labute approximate surface area is 199 Å². The molecule has 1 unspecified atom stereocenters. The van der Waals surface area contributed by atoms with Crippen LogP contribution in [0.5, 0.6) is 5.88 Å². The van der Waals surface area contributed by atoms with Crippen LogP contribution in [0.2, 0.25) is 0 Å². The molecule has 1 aliphatic heterocycles. The largest absolute Gasteiger partial charge is 0.451 e. The third kappa shape index (κ3) is 6.44. The van der Waals surface area contributed by atoms with Gasteiger partial charge >= 0.3 is 0 Å². The lowest BCUT2D eigenvalue weighted by Gasteiger charge is -2.29. The van der Waals surface area contributed by atoms with E-state index in [1.165, 1.54) is 44.1 Å². The number of ether oxygens (including phenoxy) is 1. The number of nitrogens with two attached hydrogens (primary N) is 3. The SMILES string of the molecule is CC.CCC.CCC1CCC(c2ccc(C3=Nc4c(N)nc(C)nc4OC3N)cc2N)CC1. The number of nitrogen functional groups attached to an aromatic ring is 2. The summed E-state index contributed by atoms with van der Waals surface area (Å²) in [5.74, 6) is 2.51. The molecule has 7 heteroatoms. The summed E-state index contributed by atoms with van der Waals surface area (Å²) in [5.41, 5.74) is 22.5. The van der Waals surface area contributed by atoms with Gasteiger partial charge in [0.2, 0.25) is 5.88 Å². The number of hydrogen-bond donors (Lipinski definition) is 3. The molecule has 0 amide bonds. The van der Waals surface area contributed by atoms with Crippen LogP contribution in [0.3, 0.4) is 0 Å². The standard InChI is InChI=1S/C21H28N6O.C3H8.C2H6/c1-3-12-4-6-13(7-5-12)15-9-8-14(10-16(15)22)17-20(24)28-21-18(27-17)19(23)25-11(2)26-21;1-3-2;1-2/h8-10,12-13,20H,3-7,22,24H2,1-2H3,(H2,23,25,26);3H2,1-2H3;1-2H3. The normalized spacial score (nSPS) is 21.3. The van der Waals surface area contributed by atoms with Gasteiger partial charge in [0.15, 0.2) is 17.7 Å². The zero-order valence-corrected chi connectivity index (χ0v) is 21.2. The van der Waals surface area contributed by atoms with Crippen molar-refractivity contribution in [3.05, 3.63) is 35.2 Å². The van der Waals surface area contributed by atoms with Crippen molar-refractivity contribution >= 4 is 22.9 Å². The zero-order chi connectivity index (χ0) is 24.5. The zero-order valence-electron chi connectivity index (χ0n) is 21.2. The van der Waals surface area contributed by atoms with E-state index in [1.807, 2.05) is 26.0 Å². The molecule has 182 valence electrons. The van der Waals surface area contributed by atoms with Gasteiger partial charge in [-0.15, -0.1) is 0 Å². The van der Waals surface area contributed by atoms with E-state index in [4.69, 9.17) is 21.9 Å². The topological polar surface area (TPSA) is 125 Å². The highest BCUT2D eigenvalue weighted by molar-refractivity contribution is 6.07. The molecule has 1 atom stereocenters. The van der Waals surface area contributed by atoms with E-state index in [2.05, 4.69) is 41.8 Å². The first-order valence-corrected chi connectivity index (χ1v) is 12.4. The molecule has 1 aromatic heterocycles. The molecule has 6 N–H and O–H groups in total. The van der Waals surface area contributed by atoms with Crippen molar-refractivity contribution in [1.82, 2.24) is 9.97 Å². The van der Waals surface area contributed by atoms with Gasteiger partial charge in [-0.1, -0.05) is 59.6 Å². The van der Waals surface area contributed by atoms with Crippen molar-refractivity contribution in [3.63, 3.8) is 0 Å². The van der Waals surface area contributed by atoms with Gasteiger partial charge < -0.3 is 16.2 Å².